The molecule has 0 unspecified atom stereocenters. The zero-order chi connectivity index (χ0) is 12.8. The third kappa shape index (κ3) is 3.34. The fourth-order valence-electron chi connectivity index (χ4n) is 2.07. The first-order chi connectivity index (χ1) is 8.78. The number of rotatable bonds is 5. The molecule has 1 fully saturated rings. The van der Waals surface area contributed by atoms with E-state index in [-0.39, 0.29) is 5.54 Å². The highest BCUT2D eigenvalue weighted by Gasteiger charge is 2.31. The third-order valence-corrected chi connectivity index (χ3v) is 3.85. The van der Waals surface area contributed by atoms with Crippen LogP contribution in [0.1, 0.15) is 18.5 Å². The number of aromatic nitrogens is 1. The van der Waals surface area contributed by atoms with Gasteiger partial charge in [-0.2, -0.15) is 0 Å². The van der Waals surface area contributed by atoms with E-state index in [2.05, 4.69) is 10.3 Å². The molecule has 1 saturated heterocycles. The van der Waals surface area contributed by atoms with E-state index in [9.17, 15) is 0 Å². The van der Waals surface area contributed by atoms with Gasteiger partial charge in [-0.1, -0.05) is 6.07 Å². The second-order valence-electron chi connectivity index (χ2n) is 4.55. The standard InChI is InChI=1S/C13H19ClN2O2/c1-17-12-4-2-3-11(16-12)9-15-13(10-14)5-7-18-8-6-13/h2-4,15H,5-10H2,1H3. The molecule has 0 spiro atoms. The van der Waals surface area contributed by atoms with Crippen LogP contribution in [0.25, 0.3) is 0 Å². The van der Waals surface area contributed by atoms with Gasteiger partial charge in [0.25, 0.3) is 0 Å². The Morgan fingerprint density at radius 2 is 2.22 bits per heavy atom. The summed E-state index contributed by atoms with van der Waals surface area (Å²) in [6.07, 6.45) is 1.89. The lowest BCUT2D eigenvalue weighted by molar-refractivity contribution is 0.0457. The van der Waals surface area contributed by atoms with Gasteiger partial charge in [0.15, 0.2) is 0 Å². The minimum absolute atomic E-state index is 0.0233. The molecule has 100 valence electrons. The summed E-state index contributed by atoms with van der Waals surface area (Å²) in [7, 11) is 1.62. The number of hydrogen-bond acceptors (Lipinski definition) is 4. The Morgan fingerprint density at radius 3 is 2.89 bits per heavy atom. The predicted molar refractivity (Wildman–Crippen MR) is 71.1 cm³/mol. The summed E-state index contributed by atoms with van der Waals surface area (Å²) in [4.78, 5) is 4.38. The van der Waals surface area contributed by atoms with E-state index in [4.69, 9.17) is 21.1 Å². The van der Waals surface area contributed by atoms with Crippen LogP contribution in [0.3, 0.4) is 0 Å². The molecule has 0 bridgehead atoms. The van der Waals surface area contributed by atoms with E-state index in [1.165, 1.54) is 0 Å². The molecule has 2 heterocycles. The highest BCUT2D eigenvalue weighted by molar-refractivity contribution is 6.18. The van der Waals surface area contributed by atoms with E-state index in [0.29, 0.717) is 18.3 Å². The van der Waals surface area contributed by atoms with E-state index in [1.54, 1.807) is 7.11 Å². The van der Waals surface area contributed by atoms with Gasteiger partial charge in [0, 0.05) is 37.2 Å². The number of nitrogens with zero attached hydrogens (tertiary/aromatic N) is 1. The molecule has 0 atom stereocenters. The van der Waals surface area contributed by atoms with Crippen molar-refractivity contribution in [1.29, 1.82) is 0 Å². The van der Waals surface area contributed by atoms with Gasteiger partial charge < -0.3 is 14.8 Å². The average molecular weight is 271 g/mol. The Balaban J connectivity index is 1.96. The fourth-order valence-corrected chi connectivity index (χ4v) is 2.43. The van der Waals surface area contributed by atoms with E-state index in [1.807, 2.05) is 18.2 Å². The molecule has 4 nitrogen and oxygen atoms in total. The van der Waals surface area contributed by atoms with Crippen LogP contribution in [0.5, 0.6) is 5.88 Å². The SMILES string of the molecule is COc1cccc(CNC2(CCl)CCOCC2)n1. The second kappa shape index (κ2) is 6.36. The highest BCUT2D eigenvalue weighted by Crippen LogP contribution is 2.22. The summed E-state index contributed by atoms with van der Waals surface area (Å²) in [5, 5.41) is 3.52. The molecule has 18 heavy (non-hydrogen) atoms. The van der Waals surface area contributed by atoms with E-state index < -0.39 is 0 Å². The minimum Gasteiger partial charge on any atom is -0.481 e. The third-order valence-electron chi connectivity index (χ3n) is 3.34. The summed E-state index contributed by atoms with van der Waals surface area (Å²) < 4.78 is 10.5. The number of pyridine rings is 1. The first kappa shape index (κ1) is 13.6. The van der Waals surface area contributed by atoms with E-state index in [0.717, 1.165) is 31.7 Å². The van der Waals surface area contributed by atoms with Gasteiger partial charge in [-0.05, 0) is 18.9 Å². The molecule has 0 saturated carbocycles. The van der Waals surface area contributed by atoms with Crippen LogP contribution in [0.2, 0.25) is 0 Å². The molecule has 0 aliphatic carbocycles. The maximum absolute atomic E-state index is 6.10. The zero-order valence-corrected chi connectivity index (χ0v) is 11.4. The van der Waals surface area contributed by atoms with Gasteiger partial charge in [0.05, 0.1) is 12.8 Å². The molecular formula is C13H19ClN2O2. The van der Waals surface area contributed by atoms with Crippen LogP contribution < -0.4 is 10.1 Å². The molecule has 5 heteroatoms. The highest BCUT2D eigenvalue weighted by atomic mass is 35.5. The quantitative estimate of drug-likeness (QED) is 0.831. The van der Waals surface area contributed by atoms with Crippen molar-refractivity contribution in [3.63, 3.8) is 0 Å². The van der Waals surface area contributed by atoms with Crippen molar-refractivity contribution in [2.24, 2.45) is 0 Å². The van der Waals surface area contributed by atoms with Gasteiger partial charge in [-0.3, -0.25) is 0 Å². The van der Waals surface area contributed by atoms with Crippen molar-refractivity contribution in [1.82, 2.24) is 10.3 Å². The number of nitrogens with one attached hydrogen (secondary N) is 1. The number of methoxy groups -OCH3 is 1. The van der Waals surface area contributed by atoms with Gasteiger partial charge in [-0.15, -0.1) is 11.6 Å². The molecule has 2 rings (SSSR count). The van der Waals surface area contributed by atoms with Crippen molar-refractivity contribution < 1.29 is 9.47 Å². The maximum Gasteiger partial charge on any atom is 0.213 e. The Morgan fingerprint density at radius 1 is 1.44 bits per heavy atom. The van der Waals surface area contributed by atoms with Crippen molar-refractivity contribution >= 4 is 11.6 Å². The van der Waals surface area contributed by atoms with Crippen LogP contribution in [0.4, 0.5) is 0 Å². The summed E-state index contributed by atoms with van der Waals surface area (Å²) >= 11 is 6.10. The largest absolute Gasteiger partial charge is 0.481 e. The van der Waals surface area contributed by atoms with Crippen molar-refractivity contribution in [2.45, 2.75) is 24.9 Å². The molecule has 1 aromatic heterocycles. The molecule has 0 amide bonds. The Kier molecular flexibility index (Phi) is 4.80. The number of hydrogen-bond donors (Lipinski definition) is 1. The summed E-state index contributed by atoms with van der Waals surface area (Å²) in [6.45, 7) is 2.24. The molecule has 0 aromatic carbocycles. The van der Waals surface area contributed by atoms with Crippen LogP contribution in [-0.4, -0.2) is 36.7 Å². The van der Waals surface area contributed by atoms with Crippen molar-refractivity contribution in [2.75, 3.05) is 26.2 Å². The van der Waals surface area contributed by atoms with Gasteiger partial charge in [0.2, 0.25) is 5.88 Å². The maximum atomic E-state index is 6.10. The lowest BCUT2D eigenvalue weighted by Crippen LogP contribution is -2.50. The minimum atomic E-state index is -0.0233. The second-order valence-corrected chi connectivity index (χ2v) is 4.82. The topological polar surface area (TPSA) is 43.4 Å². The van der Waals surface area contributed by atoms with Crippen molar-refractivity contribution in [3.05, 3.63) is 23.9 Å². The van der Waals surface area contributed by atoms with Gasteiger partial charge >= 0.3 is 0 Å². The molecule has 1 aliphatic heterocycles. The Bertz CT molecular complexity index is 381. The number of ether oxygens (including phenoxy) is 2. The van der Waals surface area contributed by atoms with Gasteiger partial charge in [0.1, 0.15) is 0 Å². The molecule has 0 radical (unpaired) electrons. The Hall–Kier alpha value is -0.840. The van der Waals surface area contributed by atoms with Crippen LogP contribution in [0.15, 0.2) is 18.2 Å². The Labute approximate surface area is 113 Å². The molecule has 1 aromatic rings. The molecule has 1 N–H and O–H groups in total. The van der Waals surface area contributed by atoms with E-state index >= 15 is 0 Å². The molecular weight excluding hydrogens is 252 g/mol. The normalized spacial score (nSPS) is 18.6. The van der Waals surface area contributed by atoms with Crippen LogP contribution in [-0.2, 0) is 11.3 Å². The summed E-state index contributed by atoms with van der Waals surface area (Å²) in [5.74, 6) is 1.24. The average Bonchev–Trinajstić information content (AvgIpc) is 2.46. The lowest BCUT2D eigenvalue weighted by Gasteiger charge is -2.36. The fraction of sp³-hybridized carbons (Fsp3) is 0.615. The monoisotopic (exact) mass is 270 g/mol. The first-order valence-electron chi connectivity index (χ1n) is 6.17. The molecule has 1 aliphatic rings. The summed E-state index contributed by atoms with van der Waals surface area (Å²) in [6, 6.07) is 5.77. The van der Waals surface area contributed by atoms with Crippen molar-refractivity contribution in [3.8, 4) is 5.88 Å². The first-order valence-corrected chi connectivity index (χ1v) is 6.70. The predicted octanol–water partition coefficient (Wildman–Crippen LogP) is 1.97. The van der Waals surface area contributed by atoms with Gasteiger partial charge in [-0.25, -0.2) is 4.98 Å². The zero-order valence-electron chi connectivity index (χ0n) is 10.6. The smallest absolute Gasteiger partial charge is 0.213 e. The van der Waals surface area contributed by atoms with Crippen LogP contribution in [0, 0.1) is 0 Å². The van der Waals surface area contributed by atoms with Crippen LogP contribution >= 0.6 is 11.6 Å². The number of alkyl halides is 1. The summed E-state index contributed by atoms with van der Waals surface area (Å²) in [5.41, 5.74) is 0.940. The lowest BCUT2D eigenvalue weighted by atomic mass is 9.92. The number of halogens is 1.